The summed E-state index contributed by atoms with van der Waals surface area (Å²) in [5.41, 5.74) is 2.69. The van der Waals surface area contributed by atoms with Crippen molar-refractivity contribution in [3.05, 3.63) is 123 Å². The summed E-state index contributed by atoms with van der Waals surface area (Å²) in [5, 5.41) is 10.8. The van der Waals surface area contributed by atoms with Gasteiger partial charge in [-0.1, -0.05) is 96.1 Å². The van der Waals surface area contributed by atoms with E-state index >= 15 is 0 Å². The van der Waals surface area contributed by atoms with Crippen LogP contribution in [0, 0.1) is 28.7 Å². The Morgan fingerprint density at radius 1 is 0.529 bits per heavy atom. The molecule has 0 aliphatic rings. The molecule has 0 fully saturated rings. The van der Waals surface area contributed by atoms with Crippen molar-refractivity contribution < 1.29 is 19.2 Å². The van der Waals surface area contributed by atoms with Gasteiger partial charge in [0.25, 0.3) is 0 Å². The van der Waals surface area contributed by atoms with E-state index in [1.807, 2.05) is 0 Å². The molecular formula is C30H30Cl2SiTi-4. The van der Waals surface area contributed by atoms with Crippen LogP contribution in [-0.2, 0) is 19.2 Å². The molecule has 0 heterocycles. The van der Waals surface area contributed by atoms with Gasteiger partial charge in [-0.3, -0.25) is 0 Å². The average Bonchev–Trinajstić information content (AvgIpc) is 3.37. The molecule has 4 heteroatoms. The summed E-state index contributed by atoms with van der Waals surface area (Å²) < 4.78 is 0. The molecule has 0 aliphatic carbocycles. The second-order valence-corrected chi connectivity index (χ2v) is 7.64. The number of hydrogen-bond donors (Lipinski definition) is 0. The first-order chi connectivity index (χ1) is 14.7. The third-order valence-electron chi connectivity index (χ3n) is 5.52. The molecule has 0 amide bonds. The molecule has 6 aromatic rings. The van der Waals surface area contributed by atoms with Crippen molar-refractivity contribution in [1.29, 1.82) is 0 Å². The first-order valence-electron chi connectivity index (χ1n) is 10.0. The topological polar surface area (TPSA) is 0 Å². The fourth-order valence-corrected chi connectivity index (χ4v) is 4.23. The molecule has 0 nitrogen and oxygen atoms in total. The van der Waals surface area contributed by atoms with E-state index in [4.69, 9.17) is 0 Å². The Morgan fingerprint density at radius 3 is 1.24 bits per heavy atom. The summed E-state index contributed by atoms with van der Waals surface area (Å²) in [6, 6.07) is 34.9. The van der Waals surface area contributed by atoms with Crippen molar-refractivity contribution >= 4 is 75.5 Å². The average molecular weight is 537 g/mol. The van der Waals surface area contributed by atoms with Gasteiger partial charge >= 0.3 is 26.8 Å². The van der Waals surface area contributed by atoms with Gasteiger partial charge in [-0.15, -0.1) is 81.8 Å². The molecule has 34 heavy (non-hydrogen) atoms. The molecule has 2 radical (unpaired) electrons. The Morgan fingerprint density at radius 2 is 0.853 bits per heavy atom. The third-order valence-corrected chi connectivity index (χ3v) is 5.52. The second-order valence-electron chi connectivity index (χ2n) is 7.64. The Bertz CT molecular complexity index is 1350. The molecule has 0 saturated carbocycles. The molecule has 176 valence electrons. The zero-order valence-corrected chi connectivity index (χ0v) is 24.2. The van der Waals surface area contributed by atoms with Crippen LogP contribution in [-0.4, -0.2) is 7.63 Å². The maximum atomic E-state index is 2.97. The van der Waals surface area contributed by atoms with Crippen LogP contribution < -0.4 is 0 Å². The van der Waals surface area contributed by atoms with Crippen LogP contribution in [0.2, 0.25) is 0 Å². The van der Waals surface area contributed by atoms with Crippen molar-refractivity contribution in [1.82, 2.24) is 0 Å². The zero-order valence-electron chi connectivity index (χ0n) is 20.1. The number of benzene rings is 4. The SMILES string of the molecule is Cc1cc2ccc3ccccc3c2[cH-]1.Cc1cc2ccc3ccccc3c2[cH-]1.Cl.Cl.[CH3-].[CH3-].[Si]=[Ti]. The minimum absolute atomic E-state index is 0. The van der Waals surface area contributed by atoms with Gasteiger partial charge < -0.3 is 14.9 Å². The van der Waals surface area contributed by atoms with E-state index in [9.17, 15) is 0 Å². The molecule has 0 spiro atoms. The molecular weight excluding hydrogens is 507 g/mol. The van der Waals surface area contributed by atoms with Crippen LogP contribution in [0.1, 0.15) is 11.1 Å². The predicted octanol–water partition coefficient (Wildman–Crippen LogP) is 9.40. The van der Waals surface area contributed by atoms with E-state index in [1.54, 1.807) is 19.2 Å². The van der Waals surface area contributed by atoms with Gasteiger partial charge in [0.15, 0.2) is 0 Å². The minimum atomic E-state index is 0. The standard InChI is InChI=1S/2C14H11.2CH3.2ClH.Si.Ti/c2*1-10-8-12-7-6-11-4-2-3-5-13(11)14(12)9-10;;;;;;/h2*2-9H,1H3;2*1H3;2*1H;;/q4*-1;;;;. The maximum absolute atomic E-state index is 2.97. The molecule has 0 atom stereocenters. The summed E-state index contributed by atoms with van der Waals surface area (Å²) in [6.45, 7) is 4.30. The number of halogens is 2. The van der Waals surface area contributed by atoms with Crippen molar-refractivity contribution in [2.24, 2.45) is 0 Å². The number of hydrogen-bond acceptors (Lipinski definition) is 0. The van der Waals surface area contributed by atoms with Gasteiger partial charge in [-0.2, -0.15) is 12.1 Å². The van der Waals surface area contributed by atoms with Crippen molar-refractivity contribution in [2.75, 3.05) is 0 Å². The first kappa shape index (κ1) is 32.1. The van der Waals surface area contributed by atoms with E-state index in [1.165, 1.54) is 54.2 Å². The van der Waals surface area contributed by atoms with Gasteiger partial charge in [0.2, 0.25) is 0 Å². The fraction of sp³-hybridized carbons (Fsp3) is 0.0667. The Kier molecular flexibility index (Phi) is 13.7. The van der Waals surface area contributed by atoms with Gasteiger partial charge in [0.1, 0.15) is 0 Å². The predicted molar refractivity (Wildman–Crippen MR) is 157 cm³/mol. The van der Waals surface area contributed by atoms with E-state index in [-0.39, 0.29) is 39.7 Å². The fourth-order valence-electron chi connectivity index (χ4n) is 4.23. The van der Waals surface area contributed by atoms with Crippen LogP contribution in [0.25, 0.3) is 43.1 Å². The number of aryl methyl sites for hydroxylation is 2. The Balaban J connectivity index is 0.000000538. The van der Waals surface area contributed by atoms with Gasteiger partial charge in [-0.25, -0.2) is 0 Å². The molecule has 0 aliphatic heterocycles. The van der Waals surface area contributed by atoms with Gasteiger partial charge in [0, 0.05) is 0 Å². The molecule has 0 aromatic heterocycles. The normalized spacial score (nSPS) is 9.32. The third kappa shape index (κ3) is 6.62. The quantitative estimate of drug-likeness (QED) is 0.134. The summed E-state index contributed by atoms with van der Waals surface area (Å²) in [4.78, 5) is 0. The van der Waals surface area contributed by atoms with E-state index in [0.717, 1.165) is 0 Å². The molecule has 0 unspecified atom stereocenters. The van der Waals surface area contributed by atoms with E-state index in [2.05, 4.69) is 119 Å². The molecule has 0 saturated heterocycles. The Hall–Kier alpha value is -1.87. The molecule has 0 bridgehead atoms. The molecule has 6 rings (SSSR count). The van der Waals surface area contributed by atoms with Crippen LogP contribution in [0.5, 0.6) is 0 Å². The van der Waals surface area contributed by atoms with E-state index in [0.29, 0.717) is 0 Å². The summed E-state index contributed by atoms with van der Waals surface area (Å²) in [5.74, 6) is 0. The van der Waals surface area contributed by atoms with Gasteiger partial charge in [-0.05, 0) is 0 Å². The Labute approximate surface area is 230 Å². The van der Waals surface area contributed by atoms with Crippen LogP contribution in [0.3, 0.4) is 0 Å². The molecule has 0 N–H and O–H groups in total. The zero-order chi connectivity index (χ0) is 21.1. The number of rotatable bonds is 0. The second kappa shape index (κ2) is 14.5. The summed E-state index contributed by atoms with van der Waals surface area (Å²) in [6.07, 6.45) is 0. The monoisotopic (exact) mass is 536 g/mol. The van der Waals surface area contributed by atoms with Crippen molar-refractivity contribution in [2.45, 2.75) is 13.8 Å². The van der Waals surface area contributed by atoms with Crippen molar-refractivity contribution in [3.8, 4) is 0 Å². The van der Waals surface area contributed by atoms with Crippen LogP contribution >= 0.6 is 24.8 Å². The number of fused-ring (bicyclic) bond motifs is 6. The van der Waals surface area contributed by atoms with Crippen LogP contribution in [0.4, 0.5) is 0 Å². The summed E-state index contributed by atoms with van der Waals surface area (Å²) in [7, 11) is 2.97. The summed E-state index contributed by atoms with van der Waals surface area (Å²) >= 11 is 1.81. The van der Waals surface area contributed by atoms with Gasteiger partial charge in [0.05, 0.1) is 0 Å². The molecule has 6 aromatic carbocycles. The van der Waals surface area contributed by atoms with Crippen molar-refractivity contribution in [3.63, 3.8) is 0 Å². The van der Waals surface area contributed by atoms with Crippen LogP contribution in [0.15, 0.2) is 97.1 Å². The van der Waals surface area contributed by atoms with E-state index < -0.39 is 0 Å². The first-order valence-corrected chi connectivity index (χ1v) is 12.9.